The van der Waals surface area contributed by atoms with E-state index in [4.69, 9.17) is 9.73 Å². The number of aryl methyl sites for hydroxylation is 1. The van der Waals surface area contributed by atoms with E-state index in [9.17, 15) is 0 Å². The molecule has 0 radical (unpaired) electrons. The molecule has 1 atom stereocenters. The van der Waals surface area contributed by atoms with E-state index in [2.05, 4.69) is 46.5 Å². The van der Waals surface area contributed by atoms with E-state index in [1.165, 1.54) is 0 Å². The first-order chi connectivity index (χ1) is 15.0. The summed E-state index contributed by atoms with van der Waals surface area (Å²) < 4.78 is 7.23. The third kappa shape index (κ3) is 9.32. The SMILES string of the molecule is CCN(CC)CCCC(C)NC(=NCc1ccc(OC)cc1)NCc1nnc(C)n1C.I. The van der Waals surface area contributed by atoms with Crippen molar-refractivity contribution in [3.8, 4) is 5.75 Å². The van der Waals surface area contributed by atoms with E-state index in [1.54, 1.807) is 7.11 Å². The number of aliphatic imine (C=N–C) groups is 1. The largest absolute Gasteiger partial charge is 0.497 e. The predicted octanol–water partition coefficient (Wildman–Crippen LogP) is 3.50. The minimum atomic E-state index is 0. The lowest BCUT2D eigenvalue weighted by Crippen LogP contribution is -2.42. The zero-order valence-corrected chi connectivity index (χ0v) is 22.7. The van der Waals surface area contributed by atoms with Crippen LogP contribution in [0.3, 0.4) is 0 Å². The maximum absolute atomic E-state index is 5.24. The van der Waals surface area contributed by atoms with Gasteiger partial charge in [-0.25, -0.2) is 4.99 Å². The molecule has 0 aliphatic carbocycles. The predicted molar refractivity (Wildman–Crippen MR) is 142 cm³/mol. The van der Waals surface area contributed by atoms with Gasteiger partial charge in [-0.1, -0.05) is 26.0 Å². The molecule has 0 saturated heterocycles. The number of rotatable bonds is 12. The molecule has 2 aromatic rings. The Bertz CT molecular complexity index is 803. The minimum absolute atomic E-state index is 0. The van der Waals surface area contributed by atoms with Crippen molar-refractivity contribution in [1.29, 1.82) is 0 Å². The fourth-order valence-electron chi connectivity index (χ4n) is 3.29. The van der Waals surface area contributed by atoms with Crippen LogP contribution < -0.4 is 15.4 Å². The molecule has 180 valence electrons. The minimum Gasteiger partial charge on any atom is -0.497 e. The Morgan fingerprint density at radius 3 is 2.44 bits per heavy atom. The summed E-state index contributed by atoms with van der Waals surface area (Å²) in [5.74, 6) is 3.41. The zero-order valence-electron chi connectivity index (χ0n) is 20.4. The molecule has 0 amide bonds. The summed E-state index contributed by atoms with van der Waals surface area (Å²) in [4.78, 5) is 7.26. The maximum atomic E-state index is 5.24. The van der Waals surface area contributed by atoms with Gasteiger partial charge in [-0.3, -0.25) is 0 Å². The molecule has 0 aliphatic rings. The van der Waals surface area contributed by atoms with Gasteiger partial charge in [-0.05, 0) is 64.0 Å². The average Bonchev–Trinajstić information content (AvgIpc) is 3.11. The highest BCUT2D eigenvalue weighted by Gasteiger charge is 2.10. The summed E-state index contributed by atoms with van der Waals surface area (Å²) in [5, 5.41) is 15.3. The molecule has 32 heavy (non-hydrogen) atoms. The summed E-state index contributed by atoms with van der Waals surface area (Å²) in [5.41, 5.74) is 1.13. The van der Waals surface area contributed by atoms with Crippen LogP contribution in [0.15, 0.2) is 29.3 Å². The van der Waals surface area contributed by atoms with Crippen LogP contribution in [0.5, 0.6) is 5.75 Å². The number of nitrogens with one attached hydrogen (secondary N) is 2. The lowest BCUT2D eigenvalue weighted by molar-refractivity contribution is 0.292. The zero-order chi connectivity index (χ0) is 22.6. The molecule has 0 spiro atoms. The third-order valence-electron chi connectivity index (χ3n) is 5.56. The molecule has 0 bridgehead atoms. The molecule has 8 nitrogen and oxygen atoms in total. The van der Waals surface area contributed by atoms with Crippen molar-refractivity contribution < 1.29 is 4.74 Å². The molecular formula is C23H40IN7O. The molecule has 1 heterocycles. The quantitative estimate of drug-likeness (QED) is 0.236. The van der Waals surface area contributed by atoms with Gasteiger partial charge in [0.15, 0.2) is 11.8 Å². The highest BCUT2D eigenvalue weighted by molar-refractivity contribution is 14.0. The smallest absolute Gasteiger partial charge is 0.192 e. The van der Waals surface area contributed by atoms with Gasteiger partial charge >= 0.3 is 0 Å². The molecular weight excluding hydrogens is 517 g/mol. The molecule has 0 saturated carbocycles. The van der Waals surface area contributed by atoms with Gasteiger partial charge in [0.1, 0.15) is 11.6 Å². The monoisotopic (exact) mass is 557 g/mol. The fraction of sp³-hybridized carbons (Fsp3) is 0.609. The van der Waals surface area contributed by atoms with Crippen molar-refractivity contribution in [3.63, 3.8) is 0 Å². The summed E-state index contributed by atoms with van der Waals surface area (Å²) in [6.07, 6.45) is 2.24. The van der Waals surface area contributed by atoms with E-state index < -0.39 is 0 Å². The average molecular weight is 558 g/mol. The first-order valence-electron chi connectivity index (χ1n) is 11.2. The number of hydrogen-bond acceptors (Lipinski definition) is 5. The van der Waals surface area contributed by atoms with Gasteiger partial charge in [0.25, 0.3) is 0 Å². The molecule has 0 fully saturated rings. The van der Waals surface area contributed by atoms with Gasteiger partial charge in [0.2, 0.25) is 0 Å². The van der Waals surface area contributed by atoms with Crippen LogP contribution in [-0.4, -0.2) is 58.4 Å². The Morgan fingerprint density at radius 1 is 1.19 bits per heavy atom. The van der Waals surface area contributed by atoms with Gasteiger partial charge in [0.05, 0.1) is 20.2 Å². The van der Waals surface area contributed by atoms with Gasteiger partial charge < -0.3 is 24.8 Å². The number of hydrogen-bond donors (Lipinski definition) is 2. The van der Waals surface area contributed by atoms with Crippen LogP contribution >= 0.6 is 24.0 Å². The molecule has 2 N–H and O–H groups in total. The molecule has 1 aromatic carbocycles. The van der Waals surface area contributed by atoms with Crippen LogP contribution in [0.25, 0.3) is 0 Å². The van der Waals surface area contributed by atoms with Gasteiger partial charge in [0, 0.05) is 13.1 Å². The number of guanidine groups is 1. The first-order valence-corrected chi connectivity index (χ1v) is 11.2. The standard InChI is InChI=1S/C23H39N7O.HI/c1-7-30(8-2)15-9-10-18(3)26-23(25-17-22-28-27-19(4)29(22)5)24-16-20-11-13-21(31-6)14-12-20;/h11-14,18H,7-10,15-17H2,1-6H3,(H2,24,25,26);1H. The number of halogens is 1. The number of methoxy groups -OCH3 is 1. The van der Waals surface area contributed by atoms with Crippen molar-refractivity contribution in [3.05, 3.63) is 41.5 Å². The number of aromatic nitrogens is 3. The maximum Gasteiger partial charge on any atom is 0.192 e. The molecule has 2 rings (SSSR count). The first kappa shape index (κ1) is 28.2. The third-order valence-corrected chi connectivity index (χ3v) is 5.56. The summed E-state index contributed by atoms with van der Waals surface area (Å²) in [6, 6.07) is 8.32. The number of ether oxygens (including phenoxy) is 1. The Labute approximate surface area is 210 Å². The van der Waals surface area contributed by atoms with Crippen LogP contribution in [-0.2, 0) is 20.1 Å². The summed E-state index contributed by atoms with van der Waals surface area (Å²) >= 11 is 0. The second kappa shape index (κ2) is 15.0. The molecule has 1 aromatic heterocycles. The fourth-order valence-corrected chi connectivity index (χ4v) is 3.29. The van der Waals surface area contributed by atoms with E-state index in [0.29, 0.717) is 19.1 Å². The van der Waals surface area contributed by atoms with Crippen LogP contribution in [0.2, 0.25) is 0 Å². The van der Waals surface area contributed by atoms with E-state index >= 15 is 0 Å². The normalized spacial score (nSPS) is 12.4. The molecule has 0 aliphatic heterocycles. The Kier molecular flexibility index (Phi) is 13.2. The number of benzene rings is 1. The van der Waals surface area contributed by atoms with Gasteiger partial charge in [-0.2, -0.15) is 0 Å². The Balaban J connectivity index is 0.00000512. The highest BCUT2D eigenvalue weighted by atomic mass is 127. The van der Waals surface area contributed by atoms with Crippen molar-refractivity contribution in [2.45, 2.75) is 59.7 Å². The lowest BCUT2D eigenvalue weighted by Gasteiger charge is -2.21. The van der Waals surface area contributed by atoms with E-state index in [1.807, 2.05) is 42.8 Å². The molecule has 1 unspecified atom stereocenters. The van der Waals surface area contributed by atoms with Crippen LogP contribution in [0.4, 0.5) is 0 Å². The Morgan fingerprint density at radius 2 is 1.88 bits per heavy atom. The topological polar surface area (TPSA) is 79.6 Å². The highest BCUT2D eigenvalue weighted by Crippen LogP contribution is 2.12. The van der Waals surface area contributed by atoms with E-state index in [-0.39, 0.29) is 24.0 Å². The van der Waals surface area contributed by atoms with E-state index in [0.717, 1.165) is 61.4 Å². The van der Waals surface area contributed by atoms with Crippen molar-refractivity contribution in [1.82, 2.24) is 30.3 Å². The van der Waals surface area contributed by atoms with Crippen molar-refractivity contribution in [2.75, 3.05) is 26.7 Å². The lowest BCUT2D eigenvalue weighted by atomic mass is 10.2. The van der Waals surface area contributed by atoms with Crippen LogP contribution in [0, 0.1) is 6.92 Å². The summed E-state index contributed by atoms with van der Waals surface area (Å²) in [6.45, 7) is 13.1. The van der Waals surface area contributed by atoms with Crippen molar-refractivity contribution >= 4 is 29.9 Å². The Hall–Kier alpha value is -1.88. The van der Waals surface area contributed by atoms with Gasteiger partial charge in [-0.15, -0.1) is 34.2 Å². The second-order valence-corrected chi connectivity index (χ2v) is 7.80. The van der Waals surface area contributed by atoms with Crippen molar-refractivity contribution in [2.24, 2.45) is 12.0 Å². The number of nitrogens with zero attached hydrogens (tertiary/aromatic N) is 5. The van der Waals surface area contributed by atoms with Crippen LogP contribution in [0.1, 0.15) is 50.8 Å². The summed E-state index contributed by atoms with van der Waals surface area (Å²) in [7, 11) is 3.65. The second-order valence-electron chi connectivity index (χ2n) is 7.80. The molecule has 9 heteroatoms.